The van der Waals surface area contributed by atoms with Gasteiger partial charge in [-0.15, -0.1) is 13.2 Å². The van der Waals surface area contributed by atoms with Gasteiger partial charge >= 0.3 is 6.36 Å². The summed E-state index contributed by atoms with van der Waals surface area (Å²) in [6.07, 6.45) is -4.71. The fourth-order valence-corrected chi connectivity index (χ4v) is 2.49. The lowest BCUT2D eigenvalue weighted by atomic mass is 10.1. The molecule has 26 heavy (non-hydrogen) atoms. The van der Waals surface area contributed by atoms with Crippen molar-refractivity contribution >= 4 is 16.9 Å². The first-order valence-corrected chi connectivity index (χ1v) is 8.10. The van der Waals surface area contributed by atoms with Crippen LogP contribution in [0.5, 0.6) is 5.75 Å². The van der Waals surface area contributed by atoms with Crippen LogP contribution >= 0.6 is 0 Å². The van der Waals surface area contributed by atoms with Crippen LogP contribution in [-0.4, -0.2) is 29.4 Å². The van der Waals surface area contributed by atoms with Crippen LogP contribution in [-0.2, 0) is 0 Å². The van der Waals surface area contributed by atoms with Crippen LogP contribution in [0.3, 0.4) is 0 Å². The van der Waals surface area contributed by atoms with Crippen LogP contribution in [0.2, 0.25) is 0 Å². The molecule has 136 valence electrons. The number of hydrogen-bond donors (Lipinski definition) is 0. The molecule has 0 saturated carbocycles. The maximum atomic E-state index is 12.3. The third-order valence-corrected chi connectivity index (χ3v) is 4.02. The van der Waals surface area contributed by atoms with E-state index in [4.69, 9.17) is 4.98 Å². The van der Waals surface area contributed by atoms with Gasteiger partial charge in [0.25, 0.3) is 0 Å². The Hall–Kier alpha value is -2.83. The first kappa shape index (κ1) is 18.0. The summed E-state index contributed by atoms with van der Waals surface area (Å²) in [6.45, 7) is 4.06. The summed E-state index contributed by atoms with van der Waals surface area (Å²) in [6, 6.07) is 13.3. The molecule has 0 unspecified atom stereocenters. The lowest BCUT2D eigenvalue weighted by Gasteiger charge is -2.25. The molecule has 0 aliphatic heterocycles. The molecule has 4 nitrogen and oxygen atoms in total. The van der Waals surface area contributed by atoms with Gasteiger partial charge in [-0.2, -0.15) is 0 Å². The van der Waals surface area contributed by atoms with Crippen LogP contribution in [0, 0.1) is 0 Å². The molecule has 1 heterocycles. The van der Waals surface area contributed by atoms with E-state index < -0.39 is 6.36 Å². The minimum Gasteiger partial charge on any atom is -0.406 e. The minimum atomic E-state index is -4.71. The second kappa shape index (κ2) is 6.82. The van der Waals surface area contributed by atoms with Crippen LogP contribution in [0.25, 0.3) is 22.3 Å². The van der Waals surface area contributed by atoms with E-state index in [1.54, 1.807) is 12.1 Å². The SMILES string of the molecule is CC(C)N(C)c1nc2ccccc2nc1-c1ccc(OC(F)(F)F)cc1. The lowest BCUT2D eigenvalue weighted by molar-refractivity contribution is -0.274. The van der Waals surface area contributed by atoms with E-state index in [-0.39, 0.29) is 11.8 Å². The lowest BCUT2D eigenvalue weighted by Crippen LogP contribution is -2.27. The molecular weight excluding hydrogens is 343 g/mol. The molecule has 1 aromatic heterocycles. The summed E-state index contributed by atoms with van der Waals surface area (Å²) in [5.74, 6) is 0.400. The van der Waals surface area contributed by atoms with Crippen molar-refractivity contribution in [2.45, 2.75) is 26.3 Å². The second-order valence-corrected chi connectivity index (χ2v) is 6.16. The van der Waals surface area contributed by atoms with E-state index in [0.717, 1.165) is 11.0 Å². The highest BCUT2D eigenvalue weighted by atomic mass is 19.4. The smallest absolute Gasteiger partial charge is 0.406 e. The predicted molar refractivity (Wildman–Crippen MR) is 95.2 cm³/mol. The Bertz CT molecular complexity index is 908. The van der Waals surface area contributed by atoms with Crippen molar-refractivity contribution < 1.29 is 17.9 Å². The molecule has 0 radical (unpaired) electrons. The first-order valence-electron chi connectivity index (χ1n) is 8.10. The fraction of sp³-hybridized carbons (Fsp3) is 0.263. The zero-order valence-corrected chi connectivity index (χ0v) is 14.6. The van der Waals surface area contributed by atoms with Crippen LogP contribution in [0.1, 0.15) is 13.8 Å². The highest BCUT2D eigenvalue weighted by Crippen LogP contribution is 2.32. The van der Waals surface area contributed by atoms with Crippen LogP contribution in [0.4, 0.5) is 19.0 Å². The Morgan fingerprint density at radius 2 is 1.50 bits per heavy atom. The highest BCUT2D eigenvalue weighted by molar-refractivity contribution is 5.83. The topological polar surface area (TPSA) is 38.2 Å². The Labute approximate surface area is 149 Å². The van der Waals surface area contributed by atoms with Crippen molar-refractivity contribution in [3.63, 3.8) is 0 Å². The highest BCUT2D eigenvalue weighted by Gasteiger charge is 2.31. The molecule has 0 atom stereocenters. The van der Waals surface area contributed by atoms with Gasteiger partial charge in [0.1, 0.15) is 11.4 Å². The monoisotopic (exact) mass is 361 g/mol. The van der Waals surface area contributed by atoms with Gasteiger partial charge in [-0.1, -0.05) is 12.1 Å². The van der Waals surface area contributed by atoms with Crippen molar-refractivity contribution in [2.75, 3.05) is 11.9 Å². The Morgan fingerprint density at radius 1 is 0.923 bits per heavy atom. The normalized spacial score (nSPS) is 11.8. The van der Waals surface area contributed by atoms with Gasteiger partial charge in [0.15, 0.2) is 5.82 Å². The average Bonchev–Trinajstić information content (AvgIpc) is 2.59. The summed E-state index contributed by atoms with van der Waals surface area (Å²) in [5.41, 5.74) is 2.76. The van der Waals surface area contributed by atoms with Crippen LogP contribution in [0.15, 0.2) is 48.5 Å². The van der Waals surface area contributed by atoms with Crippen molar-refractivity contribution in [3.8, 4) is 17.0 Å². The number of halogens is 3. The zero-order chi connectivity index (χ0) is 18.9. The Balaban J connectivity index is 2.09. The van der Waals surface area contributed by atoms with Crippen molar-refractivity contribution in [1.82, 2.24) is 9.97 Å². The maximum Gasteiger partial charge on any atom is 0.573 e. The molecule has 0 aliphatic carbocycles. The van der Waals surface area contributed by atoms with Gasteiger partial charge < -0.3 is 9.64 Å². The molecule has 3 rings (SSSR count). The Kier molecular flexibility index (Phi) is 4.71. The standard InChI is InChI=1S/C19H18F3N3O/c1-12(2)25(3)18-17(23-15-6-4-5-7-16(15)24-18)13-8-10-14(11-9-13)26-19(20,21)22/h4-12H,1-3H3. The molecule has 0 saturated heterocycles. The zero-order valence-electron chi connectivity index (χ0n) is 14.6. The predicted octanol–water partition coefficient (Wildman–Crippen LogP) is 5.04. The molecule has 2 aromatic carbocycles. The number of hydrogen-bond acceptors (Lipinski definition) is 4. The average molecular weight is 361 g/mol. The van der Waals surface area contributed by atoms with Gasteiger partial charge in [0.05, 0.1) is 11.0 Å². The number of nitrogens with zero attached hydrogens (tertiary/aromatic N) is 3. The van der Waals surface area contributed by atoms with E-state index in [9.17, 15) is 13.2 Å². The summed E-state index contributed by atoms with van der Waals surface area (Å²) in [4.78, 5) is 11.4. The number of alkyl halides is 3. The molecule has 0 aliphatic rings. The first-order chi connectivity index (χ1) is 12.2. The molecule has 0 N–H and O–H groups in total. The molecule has 7 heteroatoms. The van der Waals surface area contributed by atoms with Gasteiger partial charge in [-0.3, -0.25) is 0 Å². The van der Waals surface area contributed by atoms with Crippen molar-refractivity contribution in [1.29, 1.82) is 0 Å². The summed E-state index contributed by atoms with van der Waals surface area (Å²) in [5, 5.41) is 0. The van der Waals surface area contributed by atoms with E-state index in [1.165, 1.54) is 12.1 Å². The molecule has 0 fully saturated rings. The third-order valence-electron chi connectivity index (χ3n) is 4.02. The van der Waals surface area contributed by atoms with Gasteiger partial charge in [-0.25, -0.2) is 9.97 Å². The summed E-state index contributed by atoms with van der Waals surface area (Å²) < 4.78 is 41.0. The molecule has 0 bridgehead atoms. The van der Waals surface area contributed by atoms with E-state index in [0.29, 0.717) is 17.1 Å². The second-order valence-electron chi connectivity index (χ2n) is 6.16. The number of aromatic nitrogens is 2. The van der Waals surface area contributed by atoms with Gasteiger partial charge in [-0.05, 0) is 50.2 Å². The number of para-hydroxylation sites is 2. The van der Waals surface area contributed by atoms with Gasteiger partial charge in [0.2, 0.25) is 0 Å². The van der Waals surface area contributed by atoms with Gasteiger partial charge in [0, 0.05) is 18.7 Å². The van der Waals surface area contributed by atoms with Crippen molar-refractivity contribution in [3.05, 3.63) is 48.5 Å². The number of benzene rings is 2. The maximum absolute atomic E-state index is 12.3. The number of anilines is 1. The van der Waals surface area contributed by atoms with Crippen LogP contribution < -0.4 is 9.64 Å². The summed E-state index contributed by atoms with van der Waals surface area (Å²) in [7, 11) is 1.91. The number of rotatable bonds is 4. The largest absolute Gasteiger partial charge is 0.573 e. The van der Waals surface area contributed by atoms with Crippen molar-refractivity contribution in [2.24, 2.45) is 0 Å². The number of fused-ring (bicyclic) bond motifs is 1. The molecular formula is C19H18F3N3O. The molecule has 3 aromatic rings. The number of ether oxygens (including phenoxy) is 1. The van der Waals surface area contributed by atoms with E-state index in [2.05, 4.69) is 9.72 Å². The molecule has 0 amide bonds. The van der Waals surface area contributed by atoms with E-state index >= 15 is 0 Å². The fourth-order valence-electron chi connectivity index (χ4n) is 2.49. The summed E-state index contributed by atoms with van der Waals surface area (Å²) >= 11 is 0. The Morgan fingerprint density at radius 3 is 2.04 bits per heavy atom. The minimum absolute atomic E-state index is 0.178. The molecule has 0 spiro atoms. The third kappa shape index (κ3) is 3.87. The van der Waals surface area contributed by atoms with E-state index in [1.807, 2.05) is 50.1 Å². The quantitative estimate of drug-likeness (QED) is 0.652.